The van der Waals surface area contributed by atoms with Gasteiger partial charge in [-0.2, -0.15) is 8.42 Å². The van der Waals surface area contributed by atoms with Crippen LogP contribution in [0, 0.1) is 0 Å². The zero-order valence-electron chi connectivity index (χ0n) is 10.3. The maximum Gasteiger partial charge on any atom is 0.414 e. The fourth-order valence-electron chi connectivity index (χ4n) is 1.55. The van der Waals surface area contributed by atoms with E-state index in [1.165, 1.54) is 7.11 Å². The van der Waals surface area contributed by atoms with Gasteiger partial charge >= 0.3 is 6.09 Å². The Morgan fingerprint density at radius 1 is 1.47 bits per heavy atom. The molecule has 1 atom stereocenters. The van der Waals surface area contributed by atoms with Crippen LogP contribution in [0.2, 0.25) is 0 Å². The van der Waals surface area contributed by atoms with Gasteiger partial charge in [0.2, 0.25) is 16.2 Å². The van der Waals surface area contributed by atoms with E-state index in [9.17, 15) is 18.0 Å². The highest BCUT2D eigenvalue weighted by Gasteiger charge is 2.35. The molecule has 0 aromatic carbocycles. The zero-order chi connectivity index (χ0) is 14.4. The molecule has 0 unspecified atom stereocenters. The minimum atomic E-state index is -2.76. The van der Waals surface area contributed by atoms with Gasteiger partial charge in [0.15, 0.2) is 4.99 Å². The number of hydrogen-bond donors (Lipinski definition) is 2. The van der Waals surface area contributed by atoms with Gasteiger partial charge in [-0.1, -0.05) is 0 Å². The Bertz CT molecular complexity index is 480. The van der Waals surface area contributed by atoms with Gasteiger partial charge < -0.3 is 15.2 Å². The number of nitrogens with two attached hydrogens (primary N) is 1. The molecule has 1 heterocycles. The van der Waals surface area contributed by atoms with Crippen molar-refractivity contribution in [2.45, 2.75) is 6.04 Å². The lowest BCUT2D eigenvalue weighted by Crippen LogP contribution is -2.61. The predicted octanol–water partition coefficient (Wildman–Crippen LogP) is -2.46. The van der Waals surface area contributed by atoms with Crippen molar-refractivity contribution in [1.82, 2.24) is 10.2 Å². The number of ether oxygens (including phenoxy) is 2. The molecule has 10 heteroatoms. The molecule has 2 amide bonds. The summed E-state index contributed by atoms with van der Waals surface area (Å²) in [6.07, 6.45) is -0.857. The first-order chi connectivity index (χ1) is 8.99. The molecule has 0 spiro atoms. The Morgan fingerprint density at radius 2 is 2.16 bits per heavy atom. The van der Waals surface area contributed by atoms with Gasteiger partial charge in [-0.25, -0.2) is 4.79 Å². The van der Waals surface area contributed by atoms with Crippen LogP contribution in [0.4, 0.5) is 4.79 Å². The fourth-order valence-corrected chi connectivity index (χ4v) is 2.29. The third-order valence-electron chi connectivity index (χ3n) is 2.39. The molecular formula is C9H15N3O6S. The van der Waals surface area contributed by atoms with Crippen LogP contribution in [-0.2, 0) is 24.6 Å². The molecule has 1 rings (SSSR count). The lowest BCUT2D eigenvalue weighted by atomic mass is 10.2. The first-order valence-electron chi connectivity index (χ1n) is 5.41. The molecule has 1 saturated heterocycles. The lowest BCUT2D eigenvalue weighted by molar-refractivity contribution is -0.118. The molecule has 1 fully saturated rings. The molecule has 0 aromatic rings. The van der Waals surface area contributed by atoms with E-state index in [-0.39, 0.29) is 26.3 Å². The Balaban J connectivity index is 2.89. The second kappa shape index (κ2) is 7.07. The highest BCUT2D eigenvalue weighted by atomic mass is 32.2. The molecule has 3 N–H and O–H groups in total. The number of carbonyl (C=O) groups excluding carboxylic acids is 2. The van der Waals surface area contributed by atoms with Crippen molar-refractivity contribution in [1.29, 1.82) is 0 Å². The number of nitrogens with one attached hydrogen (secondary N) is 1. The van der Waals surface area contributed by atoms with Crippen molar-refractivity contribution in [3.05, 3.63) is 0 Å². The van der Waals surface area contributed by atoms with Crippen LogP contribution < -0.4 is 11.1 Å². The van der Waals surface area contributed by atoms with E-state index in [4.69, 9.17) is 15.2 Å². The summed E-state index contributed by atoms with van der Waals surface area (Å²) >= 11 is 0. The van der Waals surface area contributed by atoms with E-state index in [1.54, 1.807) is 0 Å². The minimum Gasteiger partial charge on any atom is -0.447 e. The predicted molar refractivity (Wildman–Crippen MR) is 64.8 cm³/mol. The minimum absolute atomic E-state index is 0.0146. The quantitative estimate of drug-likeness (QED) is 0.434. The van der Waals surface area contributed by atoms with Gasteiger partial charge in [-0.3, -0.25) is 15.0 Å². The first-order valence-corrected chi connectivity index (χ1v) is 6.48. The Hall–Kier alpha value is -1.65. The standard InChI is InChI=1S/C9H15N3O6S/c1-17-4-5-18-9(14)12-3-2-11-6(7(10)13)8(12)19(15)16/h6,11H,2-5H2,1H3,(H2,10,13)/t6-/m1/s1. The van der Waals surface area contributed by atoms with Crippen LogP contribution in [0.25, 0.3) is 0 Å². The van der Waals surface area contributed by atoms with Gasteiger partial charge in [0, 0.05) is 20.2 Å². The third-order valence-corrected chi connectivity index (χ3v) is 3.18. The molecule has 19 heavy (non-hydrogen) atoms. The summed E-state index contributed by atoms with van der Waals surface area (Å²) in [5.41, 5.74) is 5.09. The van der Waals surface area contributed by atoms with E-state index in [0.717, 1.165) is 4.90 Å². The van der Waals surface area contributed by atoms with Crippen molar-refractivity contribution in [3.63, 3.8) is 0 Å². The lowest BCUT2D eigenvalue weighted by Gasteiger charge is -2.31. The van der Waals surface area contributed by atoms with Gasteiger partial charge in [0.1, 0.15) is 12.6 Å². The van der Waals surface area contributed by atoms with E-state index >= 15 is 0 Å². The topological polar surface area (TPSA) is 128 Å². The van der Waals surface area contributed by atoms with E-state index in [2.05, 4.69) is 5.32 Å². The van der Waals surface area contributed by atoms with Crippen LogP contribution in [0.3, 0.4) is 0 Å². The Labute approximate surface area is 111 Å². The summed E-state index contributed by atoms with van der Waals surface area (Å²) in [7, 11) is -1.33. The molecule has 0 bridgehead atoms. The first kappa shape index (κ1) is 15.4. The fraction of sp³-hybridized carbons (Fsp3) is 0.667. The second-order valence-corrected chi connectivity index (χ2v) is 4.51. The van der Waals surface area contributed by atoms with Gasteiger partial charge in [0.25, 0.3) is 0 Å². The Kier molecular flexibility index (Phi) is 5.73. The molecule has 108 valence electrons. The van der Waals surface area contributed by atoms with Gasteiger partial charge in [-0.05, 0) is 0 Å². The van der Waals surface area contributed by atoms with E-state index < -0.39 is 33.3 Å². The number of amides is 2. The zero-order valence-corrected chi connectivity index (χ0v) is 11.1. The Morgan fingerprint density at radius 3 is 2.68 bits per heavy atom. The molecule has 9 nitrogen and oxygen atoms in total. The van der Waals surface area contributed by atoms with Crippen molar-refractivity contribution in [3.8, 4) is 0 Å². The molecule has 0 radical (unpaired) electrons. The summed E-state index contributed by atoms with van der Waals surface area (Å²) in [6.45, 7) is 0.471. The average Bonchev–Trinajstić information content (AvgIpc) is 2.37. The monoisotopic (exact) mass is 293 g/mol. The van der Waals surface area contributed by atoms with Crippen molar-refractivity contribution >= 4 is 27.3 Å². The van der Waals surface area contributed by atoms with Gasteiger partial charge in [0.05, 0.1) is 6.61 Å². The number of methoxy groups -OCH3 is 1. The van der Waals surface area contributed by atoms with Crippen LogP contribution in [-0.4, -0.2) is 69.8 Å². The second-order valence-electron chi connectivity index (χ2n) is 3.62. The molecule has 1 aliphatic rings. The number of piperazine rings is 1. The molecule has 0 saturated carbocycles. The largest absolute Gasteiger partial charge is 0.447 e. The van der Waals surface area contributed by atoms with Crippen LogP contribution in [0.1, 0.15) is 0 Å². The van der Waals surface area contributed by atoms with E-state index in [0.29, 0.717) is 0 Å². The molecule has 0 aliphatic carbocycles. The molecular weight excluding hydrogens is 278 g/mol. The van der Waals surface area contributed by atoms with Crippen molar-refractivity contribution in [2.24, 2.45) is 5.73 Å². The SMILES string of the molecule is COCCOC(=O)N1CCN[C@H](C(N)=O)C1=S(=O)=O. The summed E-state index contributed by atoms with van der Waals surface area (Å²) in [6, 6.07) is -1.23. The summed E-state index contributed by atoms with van der Waals surface area (Å²) in [4.78, 5) is 23.3. The molecule has 0 aromatic heterocycles. The van der Waals surface area contributed by atoms with Crippen molar-refractivity contribution in [2.75, 3.05) is 33.4 Å². The molecule has 1 aliphatic heterocycles. The summed E-state index contributed by atoms with van der Waals surface area (Å²) in [5, 5.41) is 2.62. The highest BCUT2D eigenvalue weighted by molar-refractivity contribution is 7.73. The summed E-state index contributed by atoms with van der Waals surface area (Å²) in [5.74, 6) is -0.881. The number of primary amides is 1. The number of hydrogen-bond acceptors (Lipinski definition) is 7. The smallest absolute Gasteiger partial charge is 0.414 e. The van der Waals surface area contributed by atoms with Crippen LogP contribution >= 0.6 is 0 Å². The third kappa shape index (κ3) is 3.91. The average molecular weight is 293 g/mol. The summed E-state index contributed by atoms with van der Waals surface area (Å²) < 4.78 is 31.8. The van der Waals surface area contributed by atoms with Gasteiger partial charge in [-0.15, -0.1) is 0 Å². The number of carbonyl (C=O) groups is 2. The maximum absolute atomic E-state index is 11.7. The van der Waals surface area contributed by atoms with Crippen LogP contribution in [0.5, 0.6) is 0 Å². The highest BCUT2D eigenvalue weighted by Crippen LogP contribution is 2.05. The maximum atomic E-state index is 11.7. The van der Waals surface area contributed by atoms with Crippen LogP contribution in [0.15, 0.2) is 0 Å². The van der Waals surface area contributed by atoms with Crippen molar-refractivity contribution < 1.29 is 27.5 Å². The van der Waals surface area contributed by atoms with E-state index in [1.807, 2.05) is 0 Å². The normalized spacial score (nSPS) is 19.1. The number of nitrogens with zero attached hydrogens (tertiary/aromatic N) is 1. The number of rotatable bonds is 4.